The zero-order valence-corrected chi connectivity index (χ0v) is 9.29. The normalized spacial score (nSPS) is 15.6. The summed E-state index contributed by atoms with van der Waals surface area (Å²) in [6, 6.07) is 9.81. The van der Waals surface area contributed by atoms with Crippen molar-refractivity contribution < 1.29 is 9.59 Å². The van der Waals surface area contributed by atoms with Crippen LogP contribution in [-0.4, -0.2) is 17.0 Å². The Hall–Kier alpha value is -1.62. The van der Waals surface area contributed by atoms with Gasteiger partial charge in [-0.05, 0) is 5.56 Å². The number of carbonyl (C=O) groups excluding carboxylic acids is 2. The van der Waals surface area contributed by atoms with E-state index >= 15 is 0 Å². The van der Waals surface area contributed by atoms with Gasteiger partial charge in [0.1, 0.15) is 6.42 Å². The zero-order valence-electron chi connectivity index (χ0n) is 8.47. The van der Waals surface area contributed by atoms with E-state index in [1.165, 1.54) is 11.8 Å². The molecular weight excluding hydrogens is 224 g/mol. The molecule has 0 saturated carbocycles. The summed E-state index contributed by atoms with van der Waals surface area (Å²) in [5, 5.41) is 2.96. The van der Waals surface area contributed by atoms with Crippen LogP contribution >= 0.6 is 11.8 Å². The molecule has 16 heavy (non-hydrogen) atoms. The fourth-order valence-corrected chi connectivity index (χ4v) is 2.12. The first-order valence-electron chi connectivity index (χ1n) is 4.82. The molecule has 0 aromatic heterocycles. The van der Waals surface area contributed by atoms with Crippen molar-refractivity contribution in [2.45, 2.75) is 12.2 Å². The van der Waals surface area contributed by atoms with Crippen molar-refractivity contribution in [3.05, 3.63) is 35.9 Å². The first-order chi connectivity index (χ1) is 7.74. The van der Waals surface area contributed by atoms with Crippen molar-refractivity contribution >= 4 is 28.7 Å². The van der Waals surface area contributed by atoms with Gasteiger partial charge in [0, 0.05) is 5.75 Å². The van der Waals surface area contributed by atoms with E-state index in [2.05, 4.69) is 10.3 Å². The highest BCUT2D eigenvalue weighted by Crippen LogP contribution is 2.14. The average Bonchev–Trinajstić information content (AvgIpc) is 2.27. The van der Waals surface area contributed by atoms with E-state index in [4.69, 9.17) is 0 Å². The second-order valence-corrected chi connectivity index (χ2v) is 4.27. The Labute approximate surface area is 97.1 Å². The van der Waals surface area contributed by atoms with Crippen LogP contribution in [0.2, 0.25) is 0 Å². The fourth-order valence-electron chi connectivity index (χ4n) is 1.28. The number of amidine groups is 1. The summed E-state index contributed by atoms with van der Waals surface area (Å²) in [6.45, 7) is 0. The van der Waals surface area contributed by atoms with E-state index in [-0.39, 0.29) is 18.2 Å². The Balaban J connectivity index is 1.96. The highest BCUT2D eigenvalue weighted by molar-refractivity contribution is 8.13. The van der Waals surface area contributed by atoms with Gasteiger partial charge in [-0.1, -0.05) is 42.1 Å². The van der Waals surface area contributed by atoms with E-state index in [9.17, 15) is 9.59 Å². The minimum atomic E-state index is -0.376. The smallest absolute Gasteiger partial charge is 0.257 e. The average molecular weight is 234 g/mol. The lowest BCUT2D eigenvalue weighted by molar-refractivity contribution is -0.127. The van der Waals surface area contributed by atoms with Gasteiger partial charge in [-0.3, -0.25) is 9.59 Å². The van der Waals surface area contributed by atoms with Crippen LogP contribution in [0.5, 0.6) is 0 Å². The fraction of sp³-hybridized carbons (Fsp3) is 0.182. The summed E-state index contributed by atoms with van der Waals surface area (Å²) < 4.78 is 0. The number of hydrogen-bond acceptors (Lipinski definition) is 3. The van der Waals surface area contributed by atoms with Crippen LogP contribution in [0.1, 0.15) is 12.0 Å². The number of carbonyl (C=O) groups is 2. The molecule has 0 bridgehead atoms. The van der Waals surface area contributed by atoms with Gasteiger partial charge < -0.3 is 5.32 Å². The number of aliphatic imine (C=N–C) groups is 1. The highest BCUT2D eigenvalue weighted by Gasteiger charge is 2.18. The molecule has 0 unspecified atom stereocenters. The van der Waals surface area contributed by atoms with Gasteiger partial charge in [-0.15, -0.1) is 0 Å². The summed E-state index contributed by atoms with van der Waals surface area (Å²) in [4.78, 5) is 25.9. The van der Waals surface area contributed by atoms with Crippen LogP contribution < -0.4 is 5.32 Å². The predicted molar refractivity (Wildman–Crippen MR) is 62.9 cm³/mol. The maximum atomic E-state index is 11.1. The quantitative estimate of drug-likeness (QED) is 0.785. The molecule has 0 saturated heterocycles. The van der Waals surface area contributed by atoms with Crippen LogP contribution in [0.3, 0.4) is 0 Å². The third-order valence-electron chi connectivity index (χ3n) is 2.00. The summed E-state index contributed by atoms with van der Waals surface area (Å²) in [6.07, 6.45) is -0.143. The maximum Gasteiger partial charge on any atom is 0.257 e. The van der Waals surface area contributed by atoms with Crippen LogP contribution in [0.15, 0.2) is 35.3 Å². The standard InChI is InChI=1S/C11H10N2O2S/c14-9-6-10(15)13-11(12-9)16-7-8-4-2-1-3-5-8/h1-5H,6-7H2,(H,12,13,14,15). The lowest BCUT2D eigenvalue weighted by Gasteiger charge is -2.11. The molecular formula is C11H10N2O2S. The van der Waals surface area contributed by atoms with Crippen molar-refractivity contribution in [1.82, 2.24) is 5.32 Å². The number of benzene rings is 1. The molecule has 1 aromatic rings. The third kappa shape index (κ3) is 2.93. The van der Waals surface area contributed by atoms with Crippen LogP contribution in [0, 0.1) is 0 Å². The molecule has 0 atom stereocenters. The summed E-state index contributed by atoms with van der Waals surface area (Å²) >= 11 is 1.36. The Morgan fingerprint density at radius 1 is 1.25 bits per heavy atom. The number of nitrogens with zero attached hydrogens (tertiary/aromatic N) is 1. The minimum Gasteiger partial charge on any atom is -0.305 e. The second kappa shape index (κ2) is 4.94. The molecule has 1 aliphatic rings. The molecule has 1 aromatic carbocycles. The Bertz CT molecular complexity index is 443. The Kier molecular flexibility index (Phi) is 3.36. The maximum absolute atomic E-state index is 11.1. The van der Waals surface area contributed by atoms with Gasteiger partial charge >= 0.3 is 0 Å². The van der Waals surface area contributed by atoms with E-state index in [1.54, 1.807) is 0 Å². The first-order valence-corrected chi connectivity index (χ1v) is 5.81. The number of amides is 2. The molecule has 5 heteroatoms. The Morgan fingerprint density at radius 3 is 2.69 bits per heavy atom. The van der Waals surface area contributed by atoms with Gasteiger partial charge in [0.15, 0.2) is 5.17 Å². The number of rotatable bonds is 2. The largest absolute Gasteiger partial charge is 0.305 e. The SMILES string of the molecule is O=C1CC(=O)NC(SCc2ccccc2)=N1. The van der Waals surface area contributed by atoms with Crippen molar-refractivity contribution in [2.75, 3.05) is 0 Å². The van der Waals surface area contributed by atoms with Crippen LogP contribution in [0.25, 0.3) is 0 Å². The zero-order chi connectivity index (χ0) is 11.4. The van der Waals surface area contributed by atoms with Crippen molar-refractivity contribution in [1.29, 1.82) is 0 Å². The predicted octanol–water partition coefficient (Wildman–Crippen LogP) is 1.32. The molecule has 2 amide bonds. The molecule has 0 radical (unpaired) electrons. The van der Waals surface area contributed by atoms with Crippen molar-refractivity contribution in [3.8, 4) is 0 Å². The molecule has 4 nitrogen and oxygen atoms in total. The van der Waals surface area contributed by atoms with E-state index in [1.807, 2.05) is 30.3 Å². The second-order valence-electron chi connectivity index (χ2n) is 3.31. The lowest BCUT2D eigenvalue weighted by atomic mass is 10.2. The highest BCUT2D eigenvalue weighted by atomic mass is 32.2. The summed E-state index contributed by atoms with van der Waals surface area (Å²) in [5.74, 6) is 0.0302. The van der Waals surface area contributed by atoms with E-state index in [0.717, 1.165) is 5.56 Å². The molecule has 0 aliphatic carbocycles. The molecule has 0 fully saturated rings. The van der Waals surface area contributed by atoms with Crippen LogP contribution in [0.4, 0.5) is 0 Å². The molecule has 1 N–H and O–H groups in total. The summed E-state index contributed by atoms with van der Waals surface area (Å²) in [5.41, 5.74) is 1.13. The van der Waals surface area contributed by atoms with Crippen LogP contribution in [-0.2, 0) is 15.3 Å². The van der Waals surface area contributed by atoms with Crippen molar-refractivity contribution in [3.63, 3.8) is 0 Å². The number of hydrogen-bond donors (Lipinski definition) is 1. The minimum absolute atomic E-state index is 0.143. The van der Waals surface area contributed by atoms with E-state index < -0.39 is 0 Å². The Morgan fingerprint density at radius 2 is 2.00 bits per heavy atom. The molecule has 82 valence electrons. The van der Waals surface area contributed by atoms with Gasteiger partial charge in [0.05, 0.1) is 0 Å². The molecule has 1 aliphatic heterocycles. The van der Waals surface area contributed by atoms with Gasteiger partial charge in [-0.2, -0.15) is 4.99 Å². The van der Waals surface area contributed by atoms with Gasteiger partial charge in [0.2, 0.25) is 5.91 Å². The van der Waals surface area contributed by atoms with Crippen molar-refractivity contribution in [2.24, 2.45) is 4.99 Å². The van der Waals surface area contributed by atoms with Gasteiger partial charge in [-0.25, -0.2) is 0 Å². The van der Waals surface area contributed by atoms with E-state index in [0.29, 0.717) is 10.9 Å². The number of nitrogens with one attached hydrogen (secondary N) is 1. The third-order valence-corrected chi connectivity index (χ3v) is 2.95. The first kappa shape index (κ1) is 10.9. The molecule has 1 heterocycles. The van der Waals surface area contributed by atoms with Gasteiger partial charge in [0.25, 0.3) is 5.91 Å². The number of thioether (sulfide) groups is 1. The molecule has 2 rings (SSSR count). The summed E-state index contributed by atoms with van der Waals surface area (Å²) in [7, 11) is 0. The molecule has 0 spiro atoms. The monoisotopic (exact) mass is 234 g/mol. The lowest BCUT2D eigenvalue weighted by Crippen LogP contribution is -2.34. The topological polar surface area (TPSA) is 58.5 Å².